The smallest absolute Gasteiger partial charge is 0.406 e. The zero-order valence-corrected chi connectivity index (χ0v) is 16.5. The summed E-state index contributed by atoms with van der Waals surface area (Å²) in [6, 6.07) is 6.58. The van der Waals surface area contributed by atoms with E-state index in [0.717, 1.165) is 50.9 Å². The first kappa shape index (κ1) is 21.4. The summed E-state index contributed by atoms with van der Waals surface area (Å²) in [5, 5.41) is 14.9. The van der Waals surface area contributed by atoms with Gasteiger partial charge in [0.2, 0.25) is 0 Å². The molecule has 7 heteroatoms. The molecule has 0 spiro atoms. The number of rotatable bonds is 6. The molecule has 0 bridgehead atoms. The van der Waals surface area contributed by atoms with E-state index in [1.807, 2.05) is 6.07 Å². The Hall–Kier alpha value is -1.31. The first-order valence-electron chi connectivity index (χ1n) is 10.3. The molecule has 0 aromatic heterocycles. The van der Waals surface area contributed by atoms with Gasteiger partial charge < -0.3 is 15.2 Å². The summed E-state index contributed by atoms with van der Waals surface area (Å²) >= 11 is 0. The Morgan fingerprint density at radius 2 is 2.04 bits per heavy atom. The molecule has 2 aliphatic rings. The Morgan fingerprint density at radius 1 is 1.29 bits per heavy atom. The van der Waals surface area contributed by atoms with Crippen LogP contribution in [0.4, 0.5) is 13.2 Å². The van der Waals surface area contributed by atoms with E-state index in [4.69, 9.17) is 0 Å². The van der Waals surface area contributed by atoms with Crippen LogP contribution in [-0.4, -0.2) is 54.2 Å². The average molecular weight is 400 g/mol. The van der Waals surface area contributed by atoms with Crippen molar-refractivity contribution in [2.24, 2.45) is 0 Å². The van der Waals surface area contributed by atoms with Gasteiger partial charge in [0.15, 0.2) is 0 Å². The van der Waals surface area contributed by atoms with Gasteiger partial charge in [-0.3, -0.25) is 4.90 Å². The number of hydrogen-bond donors (Lipinski definition) is 2. The molecule has 1 aromatic rings. The lowest BCUT2D eigenvalue weighted by atomic mass is 9.72. The third kappa shape index (κ3) is 5.61. The summed E-state index contributed by atoms with van der Waals surface area (Å²) in [5.74, 6) is -0.457. The fraction of sp³-hybridized carbons (Fsp3) is 0.714. The summed E-state index contributed by atoms with van der Waals surface area (Å²) in [7, 11) is 0. The molecule has 2 N–H and O–H groups in total. The van der Waals surface area contributed by atoms with Crippen LogP contribution in [0.2, 0.25) is 0 Å². The monoisotopic (exact) mass is 400 g/mol. The predicted octanol–water partition coefficient (Wildman–Crippen LogP) is 4.05. The van der Waals surface area contributed by atoms with Crippen LogP contribution >= 0.6 is 0 Å². The van der Waals surface area contributed by atoms with Gasteiger partial charge in [-0.2, -0.15) is 0 Å². The van der Waals surface area contributed by atoms with Crippen LogP contribution in [0.3, 0.4) is 0 Å². The maximum atomic E-state index is 12.7. The topological polar surface area (TPSA) is 44.7 Å². The van der Waals surface area contributed by atoms with Crippen molar-refractivity contribution >= 4 is 0 Å². The first-order valence-corrected chi connectivity index (χ1v) is 10.3. The number of piperazine rings is 1. The number of nitrogens with zero attached hydrogens (tertiary/aromatic N) is 1. The summed E-state index contributed by atoms with van der Waals surface area (Å²) < 4.78 is 42.1. The third-order valence-corrected chi connectivity index (χ3v) is 6.14. The molecule has 1 unspecified atom stereocenters. The Bertz CT molecular complexity index is 632. The molecule has 2 fully saturated rings. The van der Waals surface area contributed by atoms with E-state index < -0.39 is 12.0 Å². The molecule has 1 aliphatic carbocycles. The third-order valence-electron chi connectivity index (χ3n) is 6.14. The quantitative estimate of drug-likeness (QED) is 0.756. The second-order valence-electron chi connectivity index (χ2n) is 8.16. The summed E-state index contributed by atoms with van der Waals surface area (Å²) in [6.07, 6.45) is 0.674. The molecular formula is C21H31F3N2O2. The van der Waals surface area contributed by atoms with E-state index in [1.54, 1.807) is 6.07 Å². The molecule has 1 heterocycles. The standard InChI is InChI=1S/C21H31F3N2O2/c1-2-17-14-26(12-11-25-17)15-19(20(27)9-4-3-5-10-20)16-7-6-8-18(13-16)28-21(22,23)24/h6-8,13,17,19,25,27H,2-5,9-12,14-15H2,1H3/t17?,19-/m1/s1. The highest BCUT2D eigenvalue weighted by atomic mass is 19.4. The molecule has 0 amide bonds. The molecule has 1 saturated carbocycles. The molecule has 158 valence electrons. The Morgan fingerprint density at radius 3 is 2.71 bits per heavy atom. The minimum atomic E-state index is -4.72. The SMILES string of the molecule is CCC1CN(C[C@H](c2cccc(OC(F)(F)F)c2)C2(O)CCCCC2)CCN1. The number of ether oxygens (including phenoxy) is 1. The number of hydrogen-bond acceptors (Lipinski definition) is 4. The van der Waals surface area contributed by atoms with Crippen LogP contribution in [-0.2, 0) is 0 Å². The molecule has 28 heavy (non-hydrogen) atoms. The molecule has 0 radical (unpaired) electrons. The fourth-order valence-corrected chi connectivity index (χ4v) is 4.62. The Kier molecular flexibility index (Phi) is 6.89. The van der Waals surface area contributed by atoms with Crippen molar-refractivity contribution in [1.29, 1.82) is 0 Å². The van der Waals surface area contributed by atoms with Crippen molar-refractivity contribution in [3.8, 4) is 5.75 Å². The van der Waals surface area contributed by atoms with Gasteiger partial charge in [0, 0.05) is 38.1 Å². The molecule has 1 saturated heterocycles. The van der Waals surface area contributed by atoms with Gasteiger partial charge in [-0.05, 0) is 37.0 Å². The number of alkyl halides is 3. The summed E-state index contributed by atoms with van der Waals surface area (Å²) in [6.45, 7) is 5.44. The lowest BCUT2D eigenvalue weighted by Crippen LogP contribution is -2.53. The fourth-order valence-electron chi connectivity index (χ4n) is 4.62. The Balaban J connectivity index is 1.85. The maximum absolute atomic E-state index is 12.7. The summed E-state index contributed by atoms with van der Waals surface area (Å²) in [4.78, 5) is 2.33. The molecule has 4 nitrogen and oxygen atoms in total. The van der Waals surface area contributed by atoms with Gasteiger partial charge in [-0.1, -0.05) is 38.3 Å². The predicted molar refractivity (Wildman–Crippen MR) is 102 cm³/mol. The molecular weight excluding hydrogens is 369 g/mol. The molecule has 3 rings (SSSR count). The van der Waals surface area contributed by atoms with Crippen LogP contribution in [0.1, 0.15) is 56.9 Å². The number of nitrogens with one attached hydrogen (secondary N) is 1. The number of aliphatic hydroxyl groups is 1. The second kappa shape index (κ2) is 9.01. The van der Waals surface area contributed by atoms with Crippen molar-refractivity contribution in [3.05, 3.63) is 29.8 Å². The van der Waals surface area contributed by atoms with Crippen molar-refractivity contribution in [2.45, 2.75) is 69.4 Å². The van der Waals surface area contributed by atoms with Crippen LogP contribution in [0.5, 0.6) is 5.75 Å². The highest BCUT2D eigenvalue weighted by Gasteiger charge is 2.40. The molecule has 1 aliphatic heterocycles. The van der Waals surface area contributed by atoms with Gasteiger partial charge in [0.05, 0.1) is 5.60 Å². The molecule has 1 aromatic carbocycles. The van der Waals surface area contributed by atoms with Gasteiger partial charge in [-0.15, -0.1) is 13.2 Å². The van der Waals surface area contributed by atoms with E-state index in [0.29, 0.717) is 25.4 Å². The largest absolute Gasteiger partial charge is 0.573 e. The van der Waals surface area contributed by atoms with Crippen LogP contribution in [0.15, 0.2) is 24.3 Å². The van der Waals surface area contributed by atoms with E-state index in [2.05, 4.69) is 21.9 Å². The van der Waals surface area contributed by atoms with Gasteiger partial charge in [-0.25, -0.2) is 0 Å². The minimum absolute atomic E-state index is 0.221. The van der Waals surface area contributed by atoms with Crippen LogP contribution in [0, 0.1) is 0 Å². The minimum Gasteiger partial charge on any atom is -0.406 e. The summed E-state index contributed by atoms with van der Waals surface area (Å²) in [5.41, 5.74) is -0.167. The van der Waals surface area contributed by atoms with E-state index in [1.165, 1.54) is 12.1 Å². The van der Waals surface area contributed by atoms with Gasteiger partial charge in [0.1, 0.15) is 5.75 Å². The average Bonchev–Trinajstić information content (AvgIpc) is 2.65. The van der Waals surface area contributed by atoms with Gasteiger partial charge >= 0.3 is 6.36 Å². The van der Waals surface area contributed by atoms with Crippen molar-refractivity contribution in [3.63, 3.8) is 0 Å². The maximum Gasteiger partial charge on any atom is 0.573 e. The zero-order chi connectivity index (χ0) is 20.2. The lowest BCUT2D eigenvalue weighted by molar-refractivity contribution is -0.274. The van der Waals surface area contributed by atoms with Gasteiger partial charge in [0.25, 0.3) is 0 Å². The highest BCUT2D eigenvalue weighted by Crippen LogP contribution is 2.41. The van der Waals surface area contributed by atoms with Crippen LogP contribution in [0.25, 0.3) is 0 Å². The first-order chi connectivity index (χ1) is 13.3. The number of halogens is 3. The number of benzene rings is 1. The van der Waals surface area contributed by atoms with E-state index >= 15 is 0 Å². The Labute approximate surface area is 165 Å². The highest BCUT2D eigenvalue weighted by molar-refractivity contribution is 5.33. The zero-order valence-electron chi connectivity index (χ0n) is 16.5. The van der Waals surface area contributed by atoms with Crippen molar-refractivity contribution in [1.82, 2.24) is 10.2 Å². The molecule has 2 atom stereocenters. The van der Waals surface area contributed by atoms with Crippen molar-refractivity contribution in [2.75, 3.05) is 26.2 Å². The van der Waals surface area contributed by atoms with E-state index in [9.17, 15) is 18.3 Å². The second-order valence-corrected chi connectivity index (χ2v) is 8.16. The van der Waals surface area contributed by atoms with Crippen molar-refractivity contribution < 1.29 is 23.0 Å². The van der Waals surface area contributed by atoms with E-state index in [-0.39, 0.29) is 11.7 Å². The van der Waals surface area contributed by atoms with Crippen LogP contribution < -0.4 is 10.1 Å². The lowest BCUT2D eigenvalue weighted by Gasteiger charge is -2.43. The normalized spacial score (nSPS) is 24.7.